The highest BCUT2D eigenvalue weighted by molar-refractivity contribution is 7.86. The number of hydroxylamine groups is 2. The lowest BCUT2D eigenvalue weighted by Crippen LogP contribution is -2.45. The monoisotopic (exact) mass is 285 g/mol. The lowest BCUT2D eigenvalue weighted by Gasteiger charge is -2.32. The van der Waals surface area contributed by atoms with Gasteiger partial charge in [-0.05, 0) is 25.5 Å². The standard InChI is InChI=1S/C13H19NO4S/c1-3-12-10-17-9-8-14(12)18-19(15,16)13-6-4-11(2)5-7-13/h4-7,12H,3,8-10H2,1-2H3/t12-/m1/s1. The summed E-state index contributed by atoms with van der Waals surface area (Å²) in [6.45, 7) is 5.34. The quantitative estimate of drug-likeness (QED) is 0.843. The van der Waals surface area contributed by atoms with Crippen LogP contribution in [0.15, 0.2) is 29.2 Å². The summed E-state index contributed by atoms with van der Waals surface area (Å²) < 4.78 is 34.9. The minimum atomic E-state index is -3.75. The second-order valence-corrected chi connectivity index (χ2v) is 6.15. The molecule has 0 N–H and O–H groups in total. The average molecular weight is 285 g/mol. The van der Waals surface area contributed by atoms with Gasteiger partial charge in [0, 0.05) is 6.54 Å². The molecule has 1 heterocycles. The van der Waals surface area contributed by atoms with Gasteiger partial charge in [-0.3, -0.25) is 0 Å². The number of rotatable bonds is 4. The molecule has 0 amide bonds. The summed E-state index contributed by atoms with van der Waals surface area (Å²) in [5, 5.41) is 1.51. The Bertz CT molecular complexity index is 512. The molecule has 6 heteroatoms. The molecule has 106 valence electrons. The fourth-order valence-electron chi connectivity index (χ4n) is 1.93. The molecule has 1 atom stereocenters. The van der Waals surface area contributed by atoms with Crippen molar-refractivity contribution >= 4 is 10.1 Å². The van der Waals surface area contributed by atoms with Crippen LogP contribution in [0.1, 0.15) is 18.9 Å². The fraction of sp³-hybridized carbons (Fsp3) is 0.538. The van der Waals surface area contributed by atoms with Crippen molar-refractivity contribution in [2.75, 3.05) is 19.8 Å². The van der Waals surface area contributed by atoms with Gasteiger partial charge in [-0.15, -0.1) is 0 Å². The van der Waals surface area contributed by atoms with E-state index >= 15 is 0 Å². The van der Waals surface area contributed by atoms with E-state index in [0.29, 0.717) is 19.8 Å². The van der Waals surface area contributed by atoms with Crippen molar-refractivity contribution in [1.82, 2.24) is 5.06 Å². The van der Waals surface area contributed by atoms with Crippen molar-refractivity contribution in [2.24, 2.45) is 0 Å². The molecule has 0 aliphatic carbocycles. The van der Waals surface area contributed by atoms with Gasteiger partial charge >= 0.3 is 10.1 Å². The van der Waals surface area contributed by atoms with Crippen molar-refractivity contribution in [3.05, 3.63) is 29.8 Å². The Labute approximate surface area is 114 Å². The Morgan fingerprint density at radius 1 is 1.37 bits per heavy atom. The summed E-state index contributed by atoms with van der Waals surface area (Å²) in [5.41, 5.74) is 1.01. The highest BCUT2D eigenvalue weighted by Gasteiger charge is 2.28. The van der Waals surface area contributed by atoms with Crippen LogP contribution in [0.5, 0.6) is 0 Å². The molecule has 19 heavy (non-hydrogen) atoms. The Kier molecular flexibility index (Phi) is 4.57. The molecule has 1 aliphatic rings. The molecule has 0 saturated carbocycles. The number of benzene rings is 1. The Morgan fingerprint density at radius 2 is 2.05 bits per heavy atom. The molecule has 0 aromatic heterocycles. The highest BCUT2D eigenvalue weighted by atomic mass is 32.2. The van der Waals surface area contributed by atoms with E-state index in [1.807, 2.05) is 13.8 Å². The lowest BCUT2D eigenvalue weighted by atomic mass is 10.2. The van der Waals surface area contributed by atoms with Crippen LogP contribution in [0.25, 0.3) is 0 Å². The van der Waals surface area contributed by atoms with Crippen LogP contribution in [0.4, 0.5) is 0 Å². The van der Waals surface area contributed by atoms with Crippen molar-refractivity contribution < 1.29 is 17.4 Å². The molecule has 1 aromatic carbocycles. The number of morpholine rings is 1. The molecule has 0 radical (unpaired) electrons. The van der Waals surface area contributed by atoms with Gasteiger partial charge in [-0.1, -0.05) is 24.6 Å². The molecule has 2 rings (SSSR count). The smallest absolute Gasteiger partial charge is 0.313 e. The highest BCUT2D eigenvalue weighted by Crippen LogP contribution is 2.18. The third-order valence-corrected chi connectivity index (χ3v) is 4.39. The summed E-state index contributed by atoms with van der Waals surface area (Å²) >= 11 is 0. The SMILES string of the molecule is CC[C@@H]1COCCN1OS(=O)(=O)c1ccc(C)cc1. The van der Waals surface area contributed by atoms with Gasteiger partial charge in [0.2, 0.25) is 0 Å². The maximum atomic E-state index is 12.2. The predicted octanol–water partition coefficient (Wildman–Crippen LogP) is 1.73. The molecule has 1 aliphatic heterocycles. The van der Waals surface area contributed by atoms with Crippen molar-refractivity contribution in [3.63, 3.8) is 0 Å². The van der Waals surface area contributed by atoms with Gasteiger partial charge < -0.3 is 4.74 Å². The summed E-state index contributed by atoms with van der Waals surface area (Å²) in [5.74, 6) is 0. The van der Waals surface area contributed by atoms with E-state index in [4.69, 9.17) is 9.02 Å². The van der Waals surface area contributed by atoms with Gasteiger partial charge in [-0.2, -0.15) is 17.8 Å². The summed E-state index contributed by atoms with van der Waals surface area (Å²) in [4.78, 5) is 0.180. The van der Waals surface area contributed by atoms with Gasteiger partial charge in [0.15, 0.2) is 0 Å². The average Bonchev–Trinajstić information content (AvgIpc) is 2.39. The molecule has 0 bridgehead atoms. The van der Waals surface area contributed by atoms with E-state index in [-0.39, 0.29) is 10.9 Å². The molecule has 0 unspecified atom stereocenters. The van der Waals surface area contributed by atoms with Crippen LogP contribution >= 0.6 is 0 Å². The van der Waals surface area contributed by atoms with Crippen LogP contribution in [0, 0.1) is 6.92 Å². The minimum absolute atomic E-state index is 0.0195. The number of aryl methyl sites for hydroxylation is 1. The Hall–Kier alpha value is -0.950. The van der Waals surface area contributed by atoms with Crippen molar-refractivity contribution in [1.29, 1.82) is 0 Å². The number of hydrogen-bond donors (Lipinski definition) is 0. The van der Waals surface area contributed by atoms with Crippen LogP contribution in [0.3, 0.4) is 0 Å². The number of nitrogens with zero attached hydrogens (tertiary/aromatic N) is 1. The molecule has 5 nitrogen and oxygen atoms in total. The van der Waals surface area contributed by atoms with E-state index in [2.05, 4.69) is 0 Å². The second-order valence-electron chi connectivity index (χ2n) is 4.62. The summed E-state index contributed by atoms with van der Waals surface area (Å²) in [6, 6.07) is 6.62. The molecule has 0 spiro atoms. The zero-order valence-electron chi connectivity index (χ0n) is 11.2. The first kappa shape index (κ1) is 14.5. The predicted molar refractivity (Wildman–Crippen MR) is 71.1 cm³/mol. The topological polar surface area (TPSA) is 55.8 Å². The lowest BCUT2D eigenvalue weighted by molar-refractivity contribution is -0.154. The molecule has 1 saturated heterocycles. The largest absolute Gasteiger partial charge is 0.378 e. The van der Waals surface area contributed by atoms with Crippen LogP contribution < -0.4 is 0 Å². The van der Waals surface area contributed by atoms with Crippen molar-refractivity contribution in [3.8, 4) is 0 Å². The summed E-state index contributed by atoms with van der Waals surface area (Å²) in [7, 11) is -3.75. The van der Waals surface area contributed by atoms with Crippen LogP contribution in [0.2, 0.25) is 0 Å². The molecular formula is C13H19NO4S. The van der Waals surface area contributed by atoms with E-state index in [1.54, 1.807) is 24.3 Å². The van der Waals surface area contributed by atoms with Crippen molar-refractivity contribution in [2.45, 2.75) is 31.2 Å². The van der Waals surface area contributed by atoms with Gasteiger partial charge in [0.05, 0.1) is 24.2 Å². The Morgan fingerprint density at radius 3 is 2.68 bits per heavy atom. The molecular weight excluding hydrogens is 266 g/mol. The third-order valence-electron chi connectivity index (χ3n) is 3.15. The summed E-state index contributed by atoms with van der Waals surface area (Å²) in [6.07, 6.45) is 0.781. The zero-order valence-corrected chi connectivity index (χ0v) is 12.0. The first-order chi connectivity index (χ1) is 9.03. The maximum Gasteiger partial charge on any atom is 0.313 e. The van der Waals surface area contributed by atoms with Gasteiger partial charge in [0.1, 0.15) is 0 Å². The van der Waals surface area contributed by atoms with E-state index in [9.17, 15) is 8.42 Å². The first-order valence-corrected chi connectivity index (χ1v) is 7.79. The fourth-order valence-corrected chi connectivity index (χ4v) is 2.94. The molecule has 1 aromatic rings. The van der Waals surface area contributed by atoms with Crippen LogP contribution in [-0.2, 0) is 19.1 Å². The minimum Gasteiger partial charge on any atom is -0.378 e. The number of ether oxygens (including phenoxy) is 1. The first-order valence-electron chi connectivity index (χ1n) is 6.38. The van der Waals surface area contributed by atoms with E-state index < -0.39 is 10.1 Å². The number of hydrogen-bond acceptors (Lipinski definition) is 5. The van der Waals surface area contributed by atoms with Gasteiger partial charge in [0.25, 0.3) is 0 Å². The third kappa shape index (κ3) is 3.54. The Balaban J connectivity index is 2.14. The van der Waals surface area contributed by atoms with Crippen LogP contribution in [-0.4, -0.2) is 39.3 Å². The van der Waals surface area contributed by atoms with Gasteiger partial charge in [-0.25, -0.2) is 0 Å². The zero-order chi connectivity index (χ0) is 13.9. The van der Waals surface area contributed by atoms with E-state index in [1.165, 1.54) is 5.06 Å². The second kappa shape index (κ2) is 6.00. The van der Waals surface area contributed by atoms with E-state index in [0.717, 1.165) is 12.0 Å². The maximum absolute atomic E-state index is 12.2. The normalized spacial score (nSPS) is 21.5. The molecule has 1 fully saturated rings.